The van der Waals surface area contributed by atoms with Gasteiger partial charge in [-0.25, -0.2) is 0 Å². The third-order valence-electron chi connectivity index (χ3n) is 4.15. The Labute approximate surface area is 116 Å². The number of ether oxygens (including phenoxy) is 1. The lowest BCUT2D eigenvalue weighted by Crippen LogP contribution is -2.40. The van der Waals surface area contributed by atoms with Gasteiger partial charge in [-0.1, -0.05) is 0 Å². The molecule has 2 rings (SSSR count). The summed E-state index contributed by atoms with van der Waals surface area (Å²) >= 11 is 0. The second kappa shape index (κ2) is 6.98. The van der Waals surface area contributed by atoms with Crippen LogP contribution in [0.1, 0.15) is 30.0 Å². The molecule has 0 radical (unpaired) electrons. The van der Waals surface area contributed by atoms with Crippen molar-refractivity contribution in [3.8, 4) is 0 Å². The molecule has 1 unspecified atom stereocenters. The molecule has 106 valence electrons. The molecule has 0 saturated carbocycles. The number of likely N-dealkylation sites (tertiary alicyclic amines) is 1. The highest BCUT2D eigenvalue weighted by molar-refractivity contribution is 5.25. The van der Waals surface area contributed by atoms with E-state index in [-0.39, 0.29) is 0 Å². The van der Waals surface area contributed by atoms with Crippen LogP contribution in [0.15, 0.2) is 18.5 Å². The van der Waals surface area contributed by atoms with E-state index >= 15 is 0 Å². The lowest BCUT2D eigenvalue weighted by molar-refractivity contribution is 0.0808. The van der Waals surface area contributed by atoms with Gasteiger partial charge >= 0.3 is 0 Å². The Morgan fingerprint density at radius 3 is 2.79 bits per heavy atom. The second-order valence-electron chi connectivity index (χ2n) is 5.42. The van der Waals surface area contributed by atoms with Gasteiger partial charge in [0.25, 0.3) is 0 Å². The molecule has 1 atom stereocenters. The number of pyridine rings is 1. The van der Waals surface area contributed by atoms with Crippen LogP contribution in [0.25, 0.3) is 0 Å². The van der Waals surface area contributed by atoms with Crippen molar-refractivity contribution in [2.75, 3.05) is 33.4 Å². The zero-order valence-corrected chi connectivity index (χ0v) is 12.0. The summed E-state index contributed by atoms with van der Waals surface area (Å²) in [4.78, 5) is 6.75. The van der Waals surface area contributed by atoms with E-state index in [0.29, 0.717) is 18.5 Å². The third-order valence-corrected chi connectivity index (χ3v) is 4.15. The van der Waals surface area contributed by atoms with Crippen LogP contribution in [-0.2, 0) is 4.74 Å². The SMILES string of the molecule is COCC1CCN(C(CN)c2cnccc2C)CC1. The van der Waals surface area contributed by atoms with Crippen LogP contribution < -0.4 is 5.73 Å². The quantitative estimate of drug-likeness (QED) is 0.879. The van der Waals surface area contributed by atoms with E-state index in [0.717, 1.165) is 19.7 Å². The van der Waals surface area contributed by atoms with Gasteiger partial charge < -0.3 is 10.5 Å². The minimum atomic E-state index is 0.303. The van der Waals surface area contributed by atoms with Crippen LogP contribution in [0.3, 0.4) is 0 Å². The molecule has 1 fully saturated rings. The van der Waals surface area contributed by atoms with E-state index in [4.69, 9.17) is 10.5 Å². The molecular formula is C15H25N3O. The van der Waals surface area contributed by atoms with Crippen molar-refractivity contribution < 1.29 is 4.74 Å². The lowest BCUT2D eigenvalue weighted by atomic mass is 9.94. The fourth-order valence-electron chi connectivity index (χ4n) is 2.96. The van der Waals surface area contributed by atoms with Gasteiger partial charge in [-0.2, -0.15) is 0 Å². The Morgan fingerprint density at radius 1 is 1.47 bits per heavy atom. The Balaban J connectivity index is 2.02. The maximum absolute atomic E-state index is 6.00. The number of hydrogen-bond donors (Lipinski definition) is 1. The standard InChI is InChI=1S/C15H25N3O/c1-12-3-6-17-10-14(12)15(9-16)18-7-4-13(5-8-18)11-19-2/h3,6,10,13,15H,4-5,7-9,11,16H2,1-2H3. The van der Waals surface area contributed by atoms with Crippen LogP contribution in [-0.4, -0.2) is 43.2 Å². The number of nitrogens with zero attached hydrogens (tertiary/aromatic N) is 2. The molecule has 0 aromatic carbocycles. The van der Waals surface area contributed by atoms with E-state index in [2.05, 4.69) is 22.9 Å². The normalized spacial score (nSPS) is 19.5. The molecule has 4 heteroatoms. The largest absolute Gasteiger partial charge is 0.384 e. The zero-order chi connectivity index (χ0) is 13.7. The van der Waals surface area contributed by atoms with Gasteiger partial charge in [0.15, 0.2) is 0 Å². The van der Waals surface area contributed by atoms with Gasteiger partial charge in [0.2, 0.25) is 0 Å². The fraction of sp³-hybridized carbons (Fsp3) is 0.667. The molecule has 1 saturated heterocycles. The van der Waals surface area contributed by atoms with Crippen molar-refractivity contribution in [1.29, 1.82) is 0 Å². The van der Waals surface area contributed by atoms with Gasteiger partial charge in [-0.3, -0.25) is 9.88 Å². The highest BCUT2D eigenvalue weighted by atomic mass is 16.5. The summed E-state index contributed by atoms with van der Waals surface area (Å²) in [7, 11) is 1.79. The van der Waals surface area contributed by atoms with Crippen LogP contribution in [0.4, 0.5) is 0 Å². The van der Waals surface area contributed by atoms with Crippen molar-refractivity contribution in [1.82, 2.24) is 9.88 Å². The van der Waals surface area contributed by atoms with Crippen molar-refractivity contribution in [2.24, 2.45) is 11.7 Å². The Morgan fingerprint density at radius 2 is 2.21 bits per heavy atom. The van der Waals surface area contributed by atoms with E-state index in [1.807, 2.05) is 12.4 Å². The summed E-state index contributed by atoms with van der Waals surface area (Å²) in [6.07, 6.45) is 6.21. The minimum absolute atomic E-state index is 0.303. The third kappa shape index (κ3) is 3.53. The van der Waals surface area contributed by atoms with Gasteiger partial charge in [0.05, 0.1) is 0 Å². The summed E-state index contributed by atoms with van der Waals surface area (Å²) in [6.45, 7) is 5.88. The van der Waals surface area contributed by atoms with E-state index in [1.165, 1.54) is 24.0 Å². The molecule has 2 heterocycles. The van der Waals surface area contributed by atoms with Crippen LogP contribution >= 0.6 is 0 Å². The molecule has 1 aromatic heterocycles. The molecule has 0 aliphatic carbocycles. The lowest BCUT2D eigenvalue weighted by Gasteiger charge is -2.37. The first-order valence-corrected chi connectivity index (χ1v) is 7.09. The molecule has 0 amide bonds. The van der Waals surface area contributed by atoms with Crippen molar-refractivity contribution >= 4 is 0 Å². The smallest absolute Gasteiger partial charge is 0.0491 e. The maximum atomic E-state index is 6.00. The molecule has 0 spiro atoms. The average molecular weight is 263 g/mol. The van der Waals surface area contributed by atoms with Crippen LogP contribution in [0, 0.1) is 12.8 Å². The Kier molecular flexibility index (Phi) is 5.31. The predicted octanol–water partition coefficient (Wildman–Crippen LogP) is 1.75. The van der Waals surface area contributed by atoms with E-state index in [1.54, 1.807) is 7.11 Å². The highest BCUT2D eigenvalue weighted by Crippen LogP contribution is 2.27. The van der Waals surface area contributed by atoms with Crippen LogP contribution in [0.5, 0.6) is 0 Å². The number of methoxy groups -OCH3 is 1. The van der Waals surface area contributed by atoms with E-state index in [9.17, 15) is 0 Å². The first-order chi connectivity index (χ1) is 9.26. The highest BCUT2D eigenvalue weighted by Gasteiger charge is 2.26. The van der Waals surface area contributed by atoms with Gasteiger partial charge in [0.1, 0.15) is 0 Å². The van der Waals surface area contributed by atoms with Gasteiger partial charge in [0, 0.05) is 38.7 Å². The summed E-state index contributed by atoms with van der Waals surface area (Å²) in [5.41, 5.74) is 8.56. The monoisotopic (exact) mass is 263 g/mol. The maximum Gasteiger partial charge on any atom is 0.0491 e. The molecule has 4 nitrogen and oxygen atoms in total. The molecule has 19 heavy (non-hydrogen) atoms. The predicted molar refractivity (Wildman–Crippen MR) is 76.9 cm³/mol. The zero-order valence-electron chi connectivity index (χ0n) is 12.0. The first kappa shape index (κ1) is 14.4. The number of aryl methyl sites for hydroxylation is 1. The number of rotatable bonds is 5. The van der Waals surface area contributed by atoms with Crippen molar-refractivity contribution in [3.05, 3.63) is 29.6 Å². The number of piperidine rings is 1. The van der Waals surface area contributed by atoms with Crippen LogP contribution in [0.2, 0.25) is 0 Å². The fourth-order valence-corrected chi connectivity index (χ4v) is 2.96. The summed E-state index contributed by atoms with van der Waals surface area (Å²) in [5.74, 6) is 0.703. The average Bonchev–Trinajstić information content (AvgIpc) is 2.44. The van der Waals surface area contributed by atoms with Gasteiger partial charge in [-0.05, 0) is 56.0 Å². The van der Waals surface area contributed by atoms with E-state index < -0.39 is 0 Å². The topological polar surface area (TPSA) is 51.4 Å². The number of nitrogens with two attached hydrogens (primary N) is 1. The summed E-state index contributed by atoms with van der Waals surface area (Å²) in [5, 5.41) is 0. The Bertz CT molecular complexity index is 389. The number of aromatic nitrogens is 1. The summed E-state index contributed by atoms with van der Waals surface area (Å²) < 4.78 is 5.25. The number of hydrogen-bond acceptors (Lipinski definition) is 4. The molecular weight excluding hydrogens is 238 g/mol. The summed E-state index contributed by atoms with van der Waals surface area (Å²) in [6, 6.07) is 2.37. The Hall–Kier alpha value is -0.970. The first-order valence-electron chi connectivity index (χ1n) is 7.09. The molecule has 1 aliphatic rings. The van der Waals surface area contributed by atoms with Gasteiger partial charge in [-0.15, -0.1) is 0 Å². The molecule has 2 N–H and O–H groups in total. The minimum Gasteiger partial charge on any atom is -0.384 e. The van der Waals surface area contributed by atoms with Crippen molar-refractivity contribution in [3.63, 3.8) is 0 Å². The molecule has 1 aliphatic heterocycles. The van der Waals surface area contributed by atoms with Crippen molar-refractivity contribution in [2.45, 2.75) is 25.8 Å². The second-order valence-corrected chi connectivity index (χ2v) is 5.42. The molecule has 1 aromatic rings. The molecule has 0 bridgehead atoms.